The second-order valence-corrected chi connectivity index (χ2v) is 7.26. The maximum atomic E-state index is 13.1. The molecule has 32 heavy (non-hydrogen) atoms. The van der Waals surface area contributed by atoms with Gasteiger partial charge in [0.25, 0.3) is 0 Å². The normalized spacial score (nSPS) is 16.5. The van der Waals surface area contributed by atoms with E-state index in [1.807, 2.05) is 49.4 Å². The lowest BCUT2D eigenvalue weighted by molar-refractivity contribution is -0.141. The smallest absolute Gasteiger partial charge is 0.337 e. The Morgan fingerprint density at radius 2 is 1.66 bits per heavy atom. The molecule has 6 nitrogen and oxygen atoms in total. The summed E-state index contributed by atoms with van der Waals surface area (Å²) < 4.78 is 16.6. The van der Waals surface area contributed by atoms with E-state index in [0.29, 0.717) is 28.3 Å². The molecule has 1 unspecified atom stereocenters. The number of carbonyl (C=O) groups excluding carboxylic acids is 2. The van der Waals surface area contributed by atoms with Crippen LogP contribution in [0.4, 0.5) is 0 Å². The van der Waals surface area contributed by atoms with Crippen molar-refractivity contribution in [2.75, 3.05) is 6.61 Å². The third kappa shape index (κ3) is 5.46. The molecule has 166 valence electrons. The number of benzene rings is 1. The average molecular weight is 434 g/mol. The molecular weight excluding hydrogens is 406 g/mol. The Balaban J connectivity index is 1.86. The molecule has 0 saturated heterocycles. The maximum Gasteiger partial charge on any atom is 0.337 e. The summed E-state index contributed by atoms with van der Waals surface area (Å²) in [6, 6.07) is 12.9. The molecule has 1 aliphatic heterocycles. The first-order valence-corrected chi connectivity index (χ1v) is 10.4. The van der Waals surface area contributed by atoms with E-state index in [-0.39, 0.29) is 13.2 Å². The fourth-order valence-corrected chi connectivity index (χ4v) is 3.52. The Morgan fingerprint density at radius 1 is 0.969 bits per heavy atom. The van der Waals surface area contributed by atoms with E-state index in [9.17, 15) is 9.59 Å². The molecule has 0 fully saturated rings. The molecule has 0 amide bonds. The van der Waals surface area contributed by atoms with Crippen LogP contribution in [0.5, 0.6) is 0 Å². The van der Waals surface area contributed by atoms with E-state index < -0.39 is 17.9 Å². The first-order valence-electron chi connectivity index (χ1n) is 10.4. The Hall–Kier alpha value is -3.80. The first-order chi connectivity index (χ1) is 15.5. The lowest BCUT2D eigenvalue weighted by Gasteiger charge is -2.29. The number of allylic oxidation sites excluding steroid dienone is 5. The minimum absolute atomic E-state index is 0.112. The summed E-state index contributed by atoms with van der Waals surface area (Å²) in [5.74, 6) is -1.32. The van der Waals surface area contributed by atoms with E-state index in [1.54, 1.807) is 38.1 Å². The minimum Gasteiger partial charge on any atom is -0.468 e. The zero-order chi connectivity index (χ0) is 22.9. The second kappa shape index (κ2) is 11.0. The molecule has 1 atom stereocenters. The van der Waals surface area contributed by atoms with Gasteiger partial charge in [0.15, 0.2) is 0 Å². The zero-order valence-electron chi connectivity index (χ0n) is 18.5. The third-order valence-electron chi connectivity index (χ3n) is 4.99. The third-order valence-corrected chi connectivity index (χ3v) is 4.99. The standard InChI is InChI=1S/C26H27NO5/c1-4-5-6-10-15-31-25(28)22-18(2)27-19(3)23(24(22)21-14-11-16-30-21)26(29)32-17-20-12-8-7-9-13-20/h4-14,16,24,27H,15,17H2,1-3H3. The van der Waals surface area contributed by atoms with Crippen LogP contribution in [-0.4, -0.2) is 18.5 Å². The Morgan fingerprint density at radius 3 is 2.28 bits per heavy atom. The maximum absolute atomic E-state index is 13.1. The van der Waals surface area contributed by atoms with Crippen LogP contribution in [0.3, 0.4) is 0 Å². The van der Waals surface area contributed by atoms with Crippen molar-refractivity contribution in [2.24, 2.45) is 0 Å². The summed E-state index contributed by atoms with van der Waals surface area (Å²) in [5, 5.41) is 3.13. The Bertz CT molecular complexity index is 1060. The van der Waals surface area contributed by atoms with Gasteiger partial charge >= 0.3 is 11.9 Å². The highest BCUT2D eigenvalue weighted by atomic mass is 16.5. The molecule has 0 saturated carbocycles. The molecule has 1 aliphatic rings. The van der Waals surface area contributed by atoms with Crippen molar-refractivity contribution >= 4 is 11.9 Å². The number of nitrogens with one attached hydrogen (secondary N) is 1. The zero-order valence-corrected chi connectivity index (χ0v) is 18.5. The van der Waals surface area contributed by atoms with Crippen molar-refractivity contribution in [3.63, 3.8) is 0 Å². The summed E-state index contributed by atoms with van der Waals surface area (Å²) in [7, 11) is 0. The van der Waals surface area contributed by atoms with E-state index >= 15 is 0 Å². The van der Waals surface area contributed by atoms with Gasteiger partial charge in [-0.2, -0.15) is 0 Å². The summed E-state index contributed by atoms with van der Waals surface area (Å²) in [5.41, 5.74) is 2.71. The lowest BCUT2D eigenvalue weighted by Crippen LogP contribution is -2.32. The Kier molecular flexibility index (Phi) is 7.86. The highest BCUT2D eigenvalue weighted by Crippen LogP contribution is 2.39. The van der Waals surface area contributed by atoms with Gasteiger partial charge in [0.05, 0.1) is 23.3 Å². The van der Waals surface area contributed by atoms with Crippen molar-refractivity contribution in [1.29, 1.82) is 0 Å². The van der Waals surface area contributed by atoms with E-state index in [1.165, 1.54) is 6.26 Å². The van der Waals surface area contributed by atoms with Crippen molar-refractivity contribution in [2.45, 2.75) is 33.3 Å². The van der Waals surface area contributed by atoms with Crippen LogP contribution in [0.15, 0.2) is 100.0 Å². The van der Waals surface area contributed by atoms with Gasteiger partial charge in [0.1, 0.15) is 19.0 Å². The number of hydrogen-bond donors (Lipinski definition) is 1. The topological polar surface area (TPSA) is 77.8 Å². The minimum atomic E-state index is -0.735. The highest BCUT2D eigenvalue weighted by molar-refractivity contribution is 5.99. The molecule has 1 aromatic carbocycles. The van der Waals surface area contributed by atoms with Gasteiger partial charge in [-0.25, -0.2) is 9.59 Å². The summed E-state index contributed by atoms with van der Waals surface area (Å²) >= 11 is 0. The molecule has 3 rings (SSSR count). The van der Waals surface area contributed by atoms with Gasteiger partial charge in [-0.15, -0.1) is 0 Å². The molecule has 1 N–H and O–H groups in total. The number of esters is 2. The second-order valence-electron chi connectivity index (χ2n) is 7.26. The van der Waals surface area contributed by atoms with Gasteiger partial charge in [-0.05, 0) is 44.5 Å². The molecule has 2 heterocycles. The average Bonchev–Trinajstić information content (AvgIpc) is 3.32. The fourth-order valence-electron chi connectivity index (χ4n) is 3.52. The van der Waals surface area contributed by atoms with Crippen LogP contribution in [0.25, 0.3) is 0 Å². The van der Waals surface area contributed by atoms with Crippen molar-refractivity contribution in [3.05, 3.63) is 107 Å². The Labute approximate surface area is 187 Å². The van der Waals surface area contributed by atoms with Crippen LogP contribution in [0.2, 0.25) is 0 Å². The van der Waals surface area contributed by atoms with E-state index in [4.69, 9.17) is 13.9 Å². The van der Waals surface area contributed by atoms with Crippen molar-refractivity contribution in [1.82, 2.24) is 5.32 Å². The molecule has 0 bridgehead atoms. The van der Waals surface area contributed by atoms with Crippen LogP contribution in [-0.2, 0) is 25.7 Å². The summed E-state index contributed by atoms with van der Waals surface area (Å²) in [6.45, 7) is 5.69. The molecule has 0 radical (unpaired) electrons. The number of rotatable bonds is 8. The van der Waals surface area contributed by atoms with Crippen LogP contribution >= 0.6 is 0 Å². The predicted octanol–water partition coefficient (Wildman–Crippen LogP) is 4.93. The van der Waals surface area contributed by atoms with E-state index in [2.05, 4.69) is 5.32 Å². The molecule has 0 spiro atoms. The van der Waals surface area contributed by atoms with Gasteiger partial charge in [0.2, 0.25) is 0 Å². The highest BCUT2D eigenvalue weighted by Gasteiger charge is 2.39. The number of carbonyl (C=O) groups is 2. The van der Waals surface area contributed by atoms with Crippen LogP contribution < -0.4 is 5.32 Å². The monoisotopic (exact) mass is 433 g/mol. The van der Waals surface area contributed by atoms with E-state index in [0.717, 1.165) is 5.56 Å². The number of dihydropyridines is 1. The molecule has 0 aliphatic carbocycles. The molecule has 1 aromatic heterocycles. The van der Waals surface area contributed by atoms with Gasteiger partial charge < -0.3 is 19.2 Å². The number of ether oxygens (including phenoxy) is 2. The summed E-state index contributed by atoms with van der Waals surface area (Å²) in [4.78, 5) is 26.2. The quantitative estimate of drug-likeness (QED) is 0.470. The van der Waals surface area contributed by atoms with Crippen LogP contribution in [0.1, 0.15) is 38.0 Å². The lowest BCUT2D eigenvalue weighted by atomic mass is 9.83. The molecule has 6 heteroatoms. The molecule has 2 aromatic rings. The van der Waals surface area contributed by atoms with Gasteiger partial charge in [-0.3, -0.25) is 0 Å². The fraction of sp³-hybridized carbons (Fsp3) is 0.231. The van der Waals surface area contributed by atoms with Crippen molar-refractivity contribution in [3.8, 4) is 0 Å². The summed E-state index contributed by atoms with van der Waals surface area (Å²) in [6.07, 6.45) is 8.77. The number of furan rings is 1. The SMILES string of the molecule is CC=CC=CCOC(=O)C1=C(C)NC(C)=C(C(=O)OCc2ccccc2)C1c1ccco1. The van der Waals surface area contributed by atoms with Crippen LogP contribution in [0, 0.1) is 0 Å². The van der Waals surface area contributed by atoms with Gasteiger partial charge in [-0.1, -0.05) is 48.6 Å². The largest absolute Gasteiger partial charge is 0.468 e. The predicted molar refractivity (Wildman–Crippen MR) is 121 cm³/mol. The number of hydrogen-bond acceptors (Lipinski definition) is 6. The molecular formula is C26H27NO5. The van der Waals surface area contributed by atoms with Crippen molar-refractivity contribution < 1.29 is 23.5 Å². The van der Waals surface area contributed by atoms with Gasteiger partial charge in [0, 0.05) is 11.4 Å². The first kappa shape index (κ1) is 22.9.